The van der Waals surface area contributed by atoms with Crippen LogP contribution in [0.15, 0.2) is 42.7 Å². The number of H-pyrrole nitrogens is 1. The van der Waals surface area contributed by atoms with Gasteiger partial charge in [-0.15, -0.1) is 0 Å². The molecule has 0 aliphatic rings. The van der Waals surface area contributed by atoms with E-state index >= 15 is 0 Å². The van der Waals surface area contributed by atoms with Gasteiger partial charge in [-0.25, -0.2) is 4.98 Å². The minimum atomic E-state index is -0.201. The normalized spacial score (nSPS) is 10.7. The molecule has 3 rings (SSSR count). The minimum absolute atomic E-state index is 0.201. The molecule has 2 N–H and O–H groups in total. The SMILES string of the molecule is Cc1c(Cl)cccc1NC(=O)c1cccc2[nH]cnc12. The number of amides is 1. The number of hydrogen-bond donors (Lipinski definition) is 2. The van der Waals surface area contributed by atoms with Crippen LogP contribution in [0.4, 0.5) is 5.69 Å². The molecule has 0 unspecified atom stereocenters. The maximum atomic E-state index is 12.4. The molecule has 0 spiro atoms. The summed E-state index contributed by atoms with van der Waals surface area (Å²) in [6.45, 7) is 1.87. The first-order valence-electron chi connectivity index (χ1n) is 6.15. The molecular weight excluding hydrogens is 274 g/mol. The van der Waals surface area contributed by atoms with E-state index in [4.69, 9.17) is 11.6 Å². The molecule has 0 saturated heterocycles. The van der Waals surface area contributed by atoms with Crippen molar-refractivity contribution < 1.29 is 4.79 Å². The summed E-state index contributed by atoms with van der Waals surface area (Å²) in [6.07, 6.45) is 1.58. The van der Waals surface area contributed by atoms with Crippen molar-refractivity contribution in [2.75, 3.05) is 5.32 Å². The van der Waals surface area contributed by atoms with Crippen molar-refractivity contribution in [3.63, 3.8) is 0 Å². The van der Waals surface area contributed by atoms with E-state index in [-0.39, 0.29) is 5.91 Å². The molecule has 0 aliphatic carbocycles. The molecule has 3 aromatic rings. The Morgan fingerprint density at radius 1 is 1.25 bits per heavy atom. The van der Waals surface area contributed by atoms with Crippen molar-refractivity contribution in [2.45, 2.75) is 6.92 Å². The molecular formula is C15H12ClN3O. The quantitative estimate of drug-likeness (QED) is 0.753. The molecule has 5 heteroatoms. The third-order valence-corrected chi connectivity index (χ3v) is 3.62. The van der Waals surface area contributed by atoms with Crippen molar-refractivity contribution in [1.82, 2.24) is 9.97 Å². The topological polar surface area (TPSA) is 57.8 Å². The average molecular weight is 286 g/mol. The van der Waals surface area contributed by atoms with Gasteiger partial charge >= 0.3 is 0 Å². The molecule has 1 aromatic heterocycles. The van der Waals surface area contributed by atoms with Gasteiger partial charge < -0.3 is 10.3 Å². The fraction of sp³-hybridized carbons (Fsp3) is 0.0667. The molecule has 4 nitrogen and oxygen atoms in total. The number of halogens is 1. The van der Waals surface area contributed by atoms with Crippen LogP contribution >= 0.6 is 11.6 Å². The molecule has 100 valence electrons. The average Bonchev–Trinajstić information content (AvgIpc) is 2.92. The number of anilines is 1. The fourth-order valence-corrected chi connectivity index (χ4v) is 2.26. The number of para-hydroxylation sites is 1. The highest BCUT2D eigenvalue weighted by atomic mass is 35.5. The van der Waals surface area contributed by atoms with Crippen molar-refractivity contribution in [3.05, 3.63) is 58.9 Å². The van der Waals surface area contributed by atoms with Crippen LogP contribution in [0.5, 0.6) is 0 Å². The number of carbonyl (C=O) groups is 1. The number of fused-ring (bicyclic) bond motifs is 1. The van der Waals surface area contributed by atoms with Gasteiger partial charge in [0.1, 0.15) is 5.52 Å². The number of rotatable bonds is 2. The summed E-state index contributed by atoms with van der Waals surface area (Å²) in [6, 6.07) is 10.9. The number of hydrogen-bond acceptors (Lipinski definition) is 2. The summed E-state index contributed by atoms with van der Waals surface area (Å²) >= 11 is 6.05. The maximum Gasteiger partial charge on any atom is 0.257 e. The summed E-state index contributed by atoms with van der Waals surface area (Å²) in [7, 11) is 0. The summed E-state index contributed by atoms with van der Waals surface area (Å²) in [5.41, 5.74) is 3.57. The van der Waals surface area contributed by atoms with E-state index < -0.39 is 0 Å². The molecule has 2 aromatic carbocycles. The molecule has 0 fully saturated rings. The van der Waals surface area contributed by atoms with Crippen molar-refractivity contribution >= 4 is 34.2 Å². The molecule has 1 amide bonds. The third kappa shape index (κ3) is 2.14. The van der Waals surface area contributed by atoms with Crippen LogP contribution in [0.3, 0.4) is 0 Å². The zero-order chi connectivity index (χ0) is 14.1. The van der Waals surface area contributed by atoms with Crippen LogP contribution < -0.4 is 5.32 Å². The molecule has 0 saturated carbocycles. The number of imidazole rings is 1. The lowest BCUT2D eigenvalue weighted by Crippen LogP contribution is -2.13. The summed E-state index contributed by atoms with van der Waals surface area (Å²) in [5, 5.41) is 3.50. The largest absolute Gasteiger partial charge is 0.345 e. The van der Waals surface area contributed by atoms with Gasteiger partial charge in [0.05, 0.1) is 17.4 Å². The van der Waals surface area contributed by atoms with Gasteiger partial charge in [0.2, 0.25) is 0 Å². The molecule has 1 heterocycles. The van der Waals surface area contributed by atoms with Gasteiger partial charge in [0, 0.05) is 10.7 Å². The van der Waals surface area contributed by atoms with Crippen LogP contribution in [-0.2, 0) is 0 Å². The first kappa shape index (κ1) is 12.7. The third-order valence-electron chi connectivity index (χ3n) is 3.21. The van der Waals surface area contributed by atoms with E-state index in [1.807, 2.05) is 25.1 Å². The molecule has 0 aliphatic heterocycles. The summed E-state index contributed by atoms with van der Waals surface area (Å²) < 4.78 is 0. The summed E-state index contributed by atoms with van der Waals surface area (Å²) in [4.78, 5) is 19.5. The van der Waals surface area contributed by atoms with Gasteiger partial charge in [0.15, 0.2) is 0 Å². The molecule has 0 bridgehead atoms. The van der Waals surface area contributed by atoms with E-state index in [1.165, 1.54) is 0 Å². The van der Waals surface area contributed by atoms with E-state index in [9.17, 15) is 4.79 Å². The van der Waals surface area contributed by atoms with Gasteiger partial charge in [-0.3, -0.25) is 4.79 Å². The number of nitrogens with one attached hydrogen (secondary N) is 2. The van der Waals surface area contributed by atoms with Crippen LogP contribution in [0.2, 0.25) is 5.02 Å². The van der Waals surface area contributed by atoms with Crippen LogP contribution in [-0.4, -0.2) is 15.9 Å². The van der Waals surface area contributed by atoms with Gasteiger partial charge in [-0.05, 0) is 36.8 Å². The Morgan fingerprint density at radius 3 is 2.90 bits per heavy atom. The zero-order valence-corrected chi connectivity index (χ0v) is 11.5. The van der Waals surface area contributed by atoms with Crippen LogP contribution in [0.25, 0.3) is 11.0 Å². The second kappa shape index (κ2) is 4.98. The zero-order valence-electron chi connectivity index (χ0n) is 10.8. The smallest absolute Gasteiger partial charge is 0.257 e. The Bertz CT molecular complexity index is 795. The Labute approximate surface area is 120 Å². The number of nitrogens with zero attached hydrogens (tertiary/aromatic N) is 1. The summed E-state index contributed by atoms with van der Waals surface area (Å²) in [5.74, 6) is -0.201. The lowest BCUT2D eigenvalue weighted by atomic mass is 10.1. The van der Waals surface area contributed by atoms with E-state index in [1.54, 1.807) is 24.5 Å². The Balaban J connectivity index is 1.97. The Morgan fingerprint density at radius 2 is 2.05 bits per heavy atom. The fourth-order valence-electron chi connectivity index (χ4n) is 2.08. The van der Waals surface area contributed by atoms with Crippen molar-refractivity contribution in [1.29, 1.82) is 0 Å². The number of aromatic nitrogens is 2. The predicted octanol–water partition coefficient (Wildman–Crippen LogP) is 3.78. The van der Waals surface area contributed by atoms with Crippen molar-refractivity contribution in [3.8, 4) is 0 Å². The lowest BCUT2D eigenvalue weighted by molar-refractivity contribution is 0.102. The van der Waals surface area contributed by atoms with Gasteiger partial charge in [0.25, 0.3) is 5.91 Å². The first-order chi connectivity index (χ1) is 9.66. The second-order valence-electron chi connectivity index (χ2n) is 4.47. The maximum absolute atomic E-state index is 12.4. The Kier molecular flexibility index (Phi) is 3.16. The minimum Gasteiger partial charge on any atom is -0.345 e. The van der Waals surface area contributed by atoms with E-state index in [2.05, 4.69) is 15.3 Å². The molecule has 0 radical (unpaired) electrons. The lowest BCUT2D eigenvalue weighted by Gasteiger charge is -2.09. The van der Waals surface area contributed by atoms with Gasteiger partial charge in [-0.2, -0.15) is 0 Å². The monoisotopic (exact) mass is 285 g/mol. The number of carbonyl (C=O) groups excluding carboxylic acids is 1. The molecule has 0 atom stereocenters. The second-order valence-corrected chi connectivity index (χ2v) is 4.88. The highest BCUT2D eigenvalue weighted by Crippen LogP contribution is 2.24. The van der Waals surface area contributed by atoms with Crippen LogP contribution in [0.1, 0.15) is 15.9 Å². The number of aromatic amines is 1. The van der Waals surface area contributed by atoms with E-state index in [0.717, 1.165) is 11.1 Å². The standard InChI is InChI=1S/C15H12ClN3O/c1-9-11(16)5-3-6-12(9)19-15(20)10-4-2-7-13-14(10)18-8-17-13/h2-8H,1H3,(H,17,18)(H,19,20). The predicted molar refractivity (Wildman–Crippen MR) is 80.2 cm³/mol. The van der Waals surface area contributed by atoms with Crippen molar-refractivity contribution in [2.24, 2.45) is 0 Å². The Hall–Kier alpha value is -2.33. The van der Waals surface area contributed by atoms with Crippen LogP contribution in [0, 0.1) is 6.92 Å². The highest BCUT2D eigenvalue weighted by molar-refractivity contribution is 6.31. The highest BCUT2D eigenvalue weighted by Gasteiger charge is 2.13. The first-order valence-corrected chi connectivity index (χ1v) is 6.53. The van der Waals surface area contributed by atoms with Gasteiger partial charge in [-0.1, -0.05) is 23.7 Å². The molecule has 20 heavy (non-hydrogen) atoms. The van der Waals surface area contributed by atoms with E-state index in [0.29, 0.717) is 21.8 Å². The number of benzene rings is 2.